The van der Waals surface area contributed by atoms with Gasteiger partial charge in [0.15, 0.2) is 0 Å². The molecule has 1 aliphatic heterocycles. The summed E-state index contributed by atoms with van der Waals surface area (Å²) in [4.78, 5) is 24.4. The molecule has 0 spiro atoms. The van der Waals surface area contributed by atoms with E-state index in [1.165, 1.54) is 0 Å². The van der Waals surface area contributed by atoms with E-state index in [4.69, 9.17) is 4.74 Å². The van der Waals surface area contributed by atoms with Gasteiger partial charge in [0.25, 0.3) is 0 Å². The third-order valence-electron chi connectivity index (χ3n) is 4.35. The molecule has 0 fully saturated rings. The Morgan fingerprint density at radius 3 is 2.62 bits per heavy atom. The molecule has 29 heavy (non-hydrogen) atoms. The molecule has 2 aromatic rings. The van der Waals surface area contributed by atoms with Crippen molar-refractivity contribution < 1.29 is 14.3 Å². The van der Waals surface area contributed by atoms with Crippen molar-refractivity contribution in [1.29, 1.82) is 5.26 Å². The summed E-state index contributed by atoms with van der Waals surface area (Å²) in [7, 11) is 0. The molecule has 2 amide bonds. The maximum atomic E-state index is 12.2. The van der Waals surface area contributed by atoms with Crippen LogP contribution in [0.15, 0.2) is 65.2 Å². The average Bonchev–Trinajstić information content (AvgIpc) is 2.73. The van der Waals surface area contributed by atoms with E-state index in [1.54, 1.807) is 12.1 Å². The molecule has 7 heteroatoms. The van der Waals surface area contributed by atoms with Crippen LogP contribution in [0.2, 0.25) is 0 Å². The fraction of sp³-hybridized carbons (Fsp3) is 0.227. The van der Waals surface area contributed by atoms with Crippen molar-refractivity contribution in [3.63, 3.8) is 0 Å². The van der Waals surface area contributed by atoms with Crippen LogP contribution in [0.4, 0.5) is 5.69 Å². The Kier molecular flexibility index (Phi) is 6.93. The van der Waals surface area contributed by atoms with E-state index in [9.17, 15) is 14.9 Å². The number of anilines is 1. The molecule has 0 saturated heterocycles. The minimum atomic E-state index is -0.343. The first-order valence-corrected chi connectivity index (χ1v) is 10.2. The van der Waals surface area contributed by atoms with Crippen molar-refractivity contribution in [2.24, 2.45) is 0 Å². The van der Waals surface area contributed by atoms with E-state index in [1.807, 2.05) is 49.4 Å². The first-order chi connectivity index (χ1) is 14.1. The van der Waals surface area contributed by atoms with Crippen LogP contribution in [-0.4, -0.2) is 24.2 Å². The summed E-state index contributed by atoms with van der Waals surface area (Å²) in [5, 5.41) is 15.7. The van der Waals surface area contributed by atoms with E-state index >= 15 is 0 Å². The van der Waals surface area contributed by atoms with Crippen LogP contribution in [0.5, 0.6) is 5.75 Å². The van der Waals surface area contributed by atoms with E-state index in [0.717, 1.165) is 23.1 Å². The number of para-hydroxylation sites is 1. The number of nitrogens with zero attached hydrogens (tertiary/aromatic N) is 1. The van der Waals surface area contributed by atoms with Crippen molar-refractivity contribution in [3.05, 3.63) is 70.8 Å². The number of thioether (sulfide) groups is 1. The number of ether oxygens (including phenoxy) is 1. The molecule has 1 atom stereocenters. The van der Waals surface area contributed by atoms with E-state index < -0.39 is 0 Å². The molecule has 0 aromatic heterocycles. The Morgan fingerprint density at radius 2 is 1.97 bits per heavy atom. The standard InChI is InChI=1S/C22H21N3O3S/c1-2-28-17-10-8-15(9-11-17)18-12-20(26)25-22(19(18)13-23)29-14-21(27)24-16-6-4-3-5-7-16/h3-11,18H,2,12,14H2,1H3,(H,24,27)(H,25,26). The number of nitriles is 1. The third kappa shape index (κ3) is 5.39. The van der Waals surface area contributed by atoms with Crippen molar-refractivity contribution in [2.75, 3.05) is 17.7 Å². The van der Waals surface area contributed by atoms with Gasteiger partial charge in [-0.3, -0.25) is 9.59 Å². The topological polar surface area (TPSA) is 91.2 Å². The van der Waals surface area contributed by atoms with Gasteiger partial charge < -0.3 is 15.4 Å². The summed E-state index contributed by atoms with van der Waals surface area (Å²) in [6.07, 6.45) is 0.192. The van der Waals surface area contributed by atoms with Crippen LogP contribution in [0.1, 0.15) is 24.8 Å². The van der Waals surface area contributed by atoms with Gasteiger partial charge >= 0.3 is 0 Å². The molecule has 148 valence electrons. The number of carbonyl (C=O) groups excluding carboxylic acids is 2. The van der Waals surface area contributed by atoms with Gasteiger partial charge in [0.2, 0.25) is 11.8 Å². The SMILES string of the molecule is CCOc1ccc(C2CC(=O)NC(SCC(=O)Nc3ccccc3)=C2C#N)cc1. The Bertz CT molecular complexity index is 950. The maximum absolute atomic E-state index is 12.2. The lowest BCUT2D eigenvalue weighted by atomic mass is 9.87. The normalized spacial score (nSPS) is 16.0. The lowest BCUT2D eigenvalue weighted by molar-refractivity contribution is -0.121. The van der Waals surface area contributed by atoms with Crippen LogP contribution >= 0.6 is 11.8 Å². The molecule has 2 aromatic carbocycles. The second-order valence-electron chi connectivity index (χ2n) is 6.36. The second-order valence-corrected chi connectivity index (χ2v) is 7.35. The zero-order chi connectivity index (χ0) is 20.6. The fourth-order valence-corrected chi connectivity index (χ4v) is 3.91. The summed E-state index contributed by atoms with van der Waals surface area (Å²) in [5.74, 6) is 0.110. The summed E-state index contributed by atoms with van der Waals surface area (Å²) < 4.78 is 5.45. The van der Waals surface area contributed by atoms with Crippen molar-refractivity contribution >= 4 is 29.3 Å². The molecule has 0 saturated carbocycles. The highest BCUT2D eigenvalue weighted by atomic mass is 32.2. The van der Waals surface area contributed by atoms with Gasteiger partial charge in [0, 0.05) is 18.0 Å². The van der Waals surface area contributed by atoms with Crippen molar-refractivity contribution in [1.82, 2.24) is 5.32 Å². The third-order valence-corrected chi connectivity index (χ3v) is 5.37. The molecular formula is C22H21N3O3S. The van der Waals surface area contributed by atoms with Crippen molar-refractivity contribution in [3.8, 4) is 11.8 Å². The summed E-state index contributed by atoms with van der Waals surface area (Å²) in [5.41, 5.74) is 2.03. The van der Waals surface area contributed by atoms with Crippen LogP contribution in [0.3, 0.4) is 0 Å². The zero-order valence-electron chi connectivity index (χ0n) is 16.0. The fourth-order valence-electron chi connectivity index (χ4n) is 3.04. The van der Waals surface area contributed by atoms with Crippen LogP contribution in [-0.2, 0) is 9.59 Å². The number of hydrogen-bond acceptors (Lipinski definition) is 5. The number of hydrogen-bond donors (Lipinski definition) is 2. The number of amides is 2. The number of allylic oxidation sites excluding steroid dienone is 1. The smallest absolute Gasteiger partial charge is 0.234 e. The van der Waals surface area contributed by atoms with E-state index in [2.05, 4.69) is 16.7 Å². The molecule has 2 N–H and O–H groups in total. The molecule has 1 heterocycles. The first-order valence-electron chi connectivity index (χ1n) is 9.25. The maximum Gasteiger partial charge on any atom is 0.234 e. The zero-order valence-corrected chi connectivity index (χ0v) is 16.8. The van der Waals surface area contributed by atoms with Gasteiger partial charge in [-0.05, 0) is 36.8 Å². The molecule has 3 rings (SSSR count). The van der Waals surface area contributed by atoms with Gasteiger partial charge in [0.05, 0.1) is 29.0 Å². The molecule has 0 bridgehead atoms. The molecule has 1 unspecified atom stereocenters. The highest BCUT2D eigenvalue weighted by Crippen LogP contribution is 2.36. The number of rotatable bonds is 7. The van der Waals surface area contributed by atoms with Crippen LogP contribution in [0.25, 0.3) is 0 Å². The molecular weight excluding hydrogens is 386 g/mol. The highest BCUT2D eigenvalue weighted by molar-refractivity contribution is 8.03. The second kappa shape index (κ2) is 9.80. The van der Waals surface area contributed by atoms with E-state index in [0.29, 0.717) is 22.9 Å². The van der Waals surface area contributed by atoms with Gasteiger partial charge in [-0.2, -0.15) is 5.26 Å². The predicted octanol–water partition coefficient (Wildman–Crippen LogP) is 3.80. The Hall–Kier alpha value is -3.24. The molecule has 6 nitrogen and oxygen atoms in total. The van der Waals surface area contributed by atoms with Gasteiger partial charge in [-0.1, -0.05) is 42.1 Å². The summed E-state index contributed by atoms with van der Waals surface area (Å²) in [6, 6.07) is 18.8. The Balaban J connectivity index is 1.74. The predicted molar refractivity (Wildman–Crippen MR) is 113 cm³/mol. The number of nitrogens with one attached hydrogen (secondary N) is 2. The Labute approximate surface area is 173 Å². The summed E-state index contributed by atoms with van der Waals surface area (Å²) in [6.45, 7) is 2.48. The minimum absolute atomic E-state index is 0.0890. The molecule has 0 radical (unpaired) electrons. The van der Waals surface area contributed by atoms with E-state index in [-0.39, 0.29) is 29.9 Å². The largest absolute Gasteiger partial charge is 0.494 e. The molecule has 0 aliphatic carbocycles. The van der Waals surface area contributed by atoms with Gasteiger partial charge in [-0.15, -0.1) is 0 Å². The van der Waals surface area contributed by atoms with Crippen LogP contribution < -0.4 is 15.4 Å². The Morgan fingerprint density at radius 1 is 1.24 bits per heavy atom. The minimum Gasteiger partial charge on any atom is -0.494 e. The van der Waals surface area contributed by atoms with Gasteiger partial charge in [-0.25, -0.2) is 0 Å². The lowest BCUT2D eigenvalue weighted by Crippen LogP contribution is -2.31. The highest BCUT2D eigenvalue weighted by Gasteiger charge is 2.29. The van der Waals surface area contributed by atoms with Crippen molar-refractivity contribution in [2.45, 2.75) is 19.3 Å². The number of carbonyl (C=O) groups is 2. The quantitative estimate of drug-likeness (QED) is 0.729. The average molecular weight is 407 g/mol. The number of benzene rings is 2. The molecule has 1 aliphatic rings. The summed E-state index contributed by atoms with van der Waals surface area (Å²) >= 11 is 1.16. The van der Waals surface area contributed by atoms with Crippen LogP contribution in [0, 0.1) is 11.3 Å². The lowest BCUT2D eigenvalue weighted by Gasteiger charge is -2.25. The first kappa shape index (κ1) is 20.5. The monoisotopic (exact) mass is 407 g/mol. The van der Waals surface area contributed by atoms with Gasteiger partial charge in [0.1, 0.15) is 5.75 Å².